The molecule has 1 saturated heterocycles. The standard InChI is InChI=1S/C25H42N4O2/c1-19(18-25(2,3)4)16-23(30)27-20-10-11-22(29-14-7-8-15-29)21(17-20)24(31)26-12-9-13-28(5)6/h10-11,17,19H,7-9,12-16,18H2,1-6H3,(H,26,31)(H,27,30). The third kappa shape index (κ3) is 8.90. The fourth-order valence-corrected chi connectivity index (χ4v) is 4.37. The van der Waals surface area contributed by atoms with Crippen LogP contribution in [0.5, 0.6) is 0 Å². The van der Waals surface area contributed by atoms with E-state index in [9.17, 15) is 9.59 Å². The summed E-state index contributed by atoms with van der Waals surface area (Å²) in [5.41, 5.74) is 2.50. The lowest BCUT2D eigenvalue weighted by molar-refractivity contribution is -0.117. The highest BCUT2D eigenvalue weighted by atomic mass is 16.2. The Kier molecular flexibility index (Phi) is 9.35. The summed E-state index contributed by atoms with van der Waals surface area (Å²) >= 11 is 0. The number of benzene rings is 1. The van der Waals surface area contributed by atoms with Crippen LogP contribution in [0.1, 0.15) is 70.2 Å². The molecule has 0 saturated carbocycles. The van der Waals surface area contributed by atoms with Crippen molar-refractivity contribution >= 4 is 23.2 Å². The summed E-state index contributed by atoms with van der Waals surface area (Å²) in [4.78, 5) is 29.9. The van der Waals surface area contributed by atoms with E-state index >= 15 is 0 Å². The van der Waals surface area contributed by atoms with Gasteiger partial charge in [-0.25, -0.2) is 0 Å². The zero-order valence-electron chi connectivity index (χ0n) is 20.4. The van der Waals surface area contributed by atoms with Crippen LogP contribution in [0.3, 0.4) is 0 Å². The Morgan fingerprint density at radius 3 is 2.45 bits per heavy atom. The molecule has 0 aromatic heterocycles. The molecule has 31 heavy (non-hydrogen) atoms. The molecular weight excluding hydrogens is 388 g/mol. The molecule has 1 fully saturated rings. The Balaban J connectivity index is 2.08. The van der Waals surface area contributed by atoms with Gasteiger partial charge in [0, 0.05) is 37.4 Å². The fourth-order valence-electron chi connectivity index (χ4n) is 4.37. The average Bonchev–Trinajstić information content (AvgIpc) is 3.17. The van der Waals surface area contributed by atoms with Gasteiger partial charge in [0.15, 0.2) is 0 Å². The summed E-state index contributed by atoms with van der Waals surface area (Å²) < 4.78 is 0. The first-order valence-electron chi connectivity index (χ1n) is 11.7. The molecule has 0 radical (unpaired) electrons. The maximum Gasteiger partial charge on any atom is 0.253 e. The van der Waals surface area contributed by atoms with Crippen molar-refractivity contribution in [3.05, 3.63) is 23.8 Å². The molecule has 2 rings (SSSR count). The van der Waals surface area contributed by atoms with Crippen LogP contribution in [-0.4, -0.2) is 57.0 Å². The highest BCUT2D eigenvalue weighted by molar-refractivity contribution is 6.02. The van der Waals surface area contributed by atoms with E-state index < -0.39 is 0 Å². The quantitative estimate of drug-likeness (QED) is 0.541. The number of nitrogens with one attached hydrogen (secondary N) is 2. The van der Waals surface area contributed by atoms with Crippen LogP contribution < -0.4 is 15.5 Å². The molecule has 1 aromatic carbocycles. The van der Waals surface area contributed by atoms with Crippen LogP contribution in [0.15, 0.2) is 18.2 Å². The fraction of sp³-hybridized carbons (Fsp3) is 0.680. The van der Waals surface area contributed by atoms with Gasteiger partial charge in [-0.1, -0.05) is 27.7 Å². The van der Waals surface area contributed by atoms with E-state index in [1.807, 2.05) is 32.3 Å². The number of nitrogens with zero attached hydrogens (tertiary/aromatic N) is 2. The third-order valence-corrected chi connectivity index (χ3v) is 5.53. The lowest BCUT2D eigenvalue weighted by Gasteiger charge is -2.23. The monoisotopic (exact) mass is 430 g/mol. The first-order chi connectivity index (χ1) is 14.5. The van der Waals surface area contributed by atoms with E-state index in [4.69, 9.17) is 0 Å². The minimum atomic E-state index is -0.0714. The van der Waals surface area contributed by atoms with Crippen molar-refractivity contribution in [2.75, 3.05) is 50.5 Å². The Morgan fingerprint density at radius 1 is 1.16 bits per heavy atom. The molecule has 2 N–H and O–H groups in total. The van der Waals surface area contributed by atoms with E-state index in [0.717, 1.165) is 51.0 Å². The molecule has 6 heteroatoms. The van der Waals surface area contributed by atoms with Gasteiger partial charge in [-0.3, -0.25) is 9.59 Å². The van der Waals surface area contributed by atoms with E-state index in [1.165, 1.54) is 0 Å². The Labute approximate surface area is 188 Å². The molecule has 0 aliphatic carbocycles. The highest BCUT2D eigenvalue weighted by Crippen LogP contribution is 2.29. The molecule has 174 valence electrons. The number of rotatable bonds is 10. The molecule has 2 amide bonds. The summed E-state index contributed by atoms with van der Waals surface area (Å²) in [6.07, 6.45) is 4.67. The van der Waals surface area contributed by atoms with Gasteiger partial charge in [-0.15, -0.1) is 0 Å². The molecule has 1 aromatic rings. The second-order valence-corrected chi connectivity index (χ2v) is 10.5. The van der Waals surface area contributed by atoms with Gasteiger partial charge >= 0.3 is 0 Å². The third-order valence-electron chi connectivity index (χ3n) is 5.53. The van der Waals surface area contributed by atoms with Crippen LogP contribution in [0.2, 0.25) is 0 Å². The van der Waals surface area contributed by atoms with Crippen molar-refractivity contribution in [2.45, 2.75) is 59.8 Å². The molecule has 1 atom stereocenters. The SMILES string of the molecule is CC(CC(=O)Nc1ccc(N2CCCC2)c(C(=O)NCCCN(C)C)c1)CC(C)(C)C. The zero-order valence-corrected chi connectivity index (χ0v) is 20.4. The number of hydrogen-bond donors (Lipinski definition) is 2. The predicted molar refractivity (Wildman–Crippen MR) is 130 cm³/mol. The summed E-state index contributed by atoms with van der Waals surface area (Å²) in [5.74, 6) is 0.240. The van der Waals surface area contributed by atoms with Gasteiger partial charge in [0.25, 0.3) is 5.91 Å². The van der Waals surface area contributed by atoms with Crippen molar-refractivity contribution < 1.29 is 9.59 Å². The van der Waals surface area contributed by atoms with E-state index in [-0.39, 0.29) is 17.2 Å². The van der Waals surface area contributed by atoms with Gasteiger partial charge in [0.1, 0.15) is 0 Å². The van der Waals surface area contributed by atoms with Crippen LogP contribution in [0, 0.1) is 11.3 Å². The topological polar surface area (TPSA) is 64.7 Å². The van der Waals surface area contributed by atoms with Crippen LogP contribution in [0.4, 0.5) is 11.4 Å². The van der Waals surface area contributed by atoms with Crippen molar-refractivity contribution in [3.8, 4) is 0 Å². The zero-order chi connectivity index (χ0) is 23.0. The smallest absolute Gasteiger partial charge is 0.253 e. The van der Waals surface area contributed by atoms with Gasteiger partial charge < -0.3 is 20.4 Å². The van der Waals surface area contributed by atoms with Gasteiger partial charge in [-0.05, 0) is 75.9 Å². The van der Waals surface area contributed by atoms with E-state index in [0.29, 0.717) is 30.1 Å². The normalized spacial score (nSPS) is 15.3. The molecular formula is C25H42N4O2. The number of amides is 2. The summed E-state index contributed by atoms with van der Waals surface area (Å²) in [6.45, 7) is 12.2. The van der Waals surface area contributed by atoms with Crippen LogP contribution in [-0.2, 0) is 4.79 Å². The largest absolute Gasteiger partial charge is 0.371 e. The molecule has 6 nitrogen and oxygen atoms in total. The van der Waals surface area contributed by atoms with Crippen molar-refractivity contribution in [1.82, 2.24) is 10.2 Å². The van der Waals surface area contributed by atoms with E-state index in [2.05, 4.69) is 48.1 Å². The first kappa shape index (κ1) is 25.2. The van der Waals surface area contributed by atoms with Crippen molar-refractivity contribution in [1.29, 1.82) is 0 Å². The maximum atomic E-state index is 13.0. The van der Waals surface area contributed by atoms with Crippen molar-refractivity contribution in [2.24, 2.45) is 11.3 Å². The molecule has 1 aliphatic rings. The van der Waals surface area contributed by atoms with E-state index in [1.54, 1.807) is 0 Å². The predicted octanol–water partition coefficient (Wildman–Crippen LogP) is 4.37. The van der Waals surface area contributed by atoms with Crippen LogP contribution >= 0.6 is 0 Å². The lowest BCUT2D eigenvalue weighted by Crippen LogP contribution is -2.30. The maximum absolute atomic E-state index is 13.0. The summed E-state index contributed by atoms with van der Waals surface area (Å²) in [6, 6.07) is 5.73. The molecule has 1 aliphatic heterocycles. The van der Waals surface area contributed by atoms with Gasteiger partial charge in [0.05, 0.1) is 5.56 Å². The molecule has 0 bridgehead atoms. The minimum absolute atomic E-state index is 0.00279. The molecule has 1 unspecified atom stereocenters. The Hall–Kier alpha value is -2.08. The number of hydrogen-bond acceptors (Lipinski definition) is 4. The minimum Gasteiger partial charge on any atom is -0.371 e. The van der Waals surface area contributed by atoms with Gasteiger partial charge in [-0.2, -0.15) is 0 Å². The summed E-state index contributed by atoms with van der Waals surface area (Å²) in [7, 11) is 4.06. The second kappa shape index (κ2) is 11.5. The highest BCUT2D eigenvalue weighted by Gasteiger charge is 2.21. The number of anilines is 2. The average molecular weight is 431 g/mol. The number of carbonyl (C=O) groups excluding carboxylic acids is 2. The Bertz CT molecular complexity index is 734. The Morgan fingerprint density at radius 2 is 1.84 bits per heavy atom. The molecule has 0 spiro atoms. The van der Waals surface area contributed by atoms with Crippen LogP contribution in [0.25, 0.3) is 0 Å². The lowest BCUT2D eigenvalue weighted by atomic mass is 9.84. The second-order valence-electron chi connectivity index (χ2n) is 10.5. The first-order valence-corrected chi connectivity index (χ1v) is 11.7. The summed E-state index contributed by atoms with van der Waals surface area (Å²) in [5, 5.41) is 6.06. The van der Waals surface area contributed by atoms with Gasteiger partial charge in [0.2, 0.25) is 5.91 Å². The number of carbonyl (C=O) groups is 2. The van der Waals surface area contributed by atoms with Crippen molar-refractivity contribution in [3.63, 3.8) is 0 Å². The molecule has 1 heterocycles.